The molecule has 3 nitrogen and oxygen atoms in total. The third kappa shape index (κ3) is 1.89. The molecule has 0 aromatic carbocycles. The van der Waals surface area contributed by atoms with Gasteiger partial charge in [-0.2, -0.15) is 0 Å². The quantitative estimate of drug-likeness (QED) is 0.614. The predicted octanol–water partition coefficient (Wildman–Crippen LogP) is 0.391. The molecule has 0 fully saturated rings. The van der Waals surface area contributed by atoms with Crippen molar-refractivity contribution in [1.29, 1.82) is 0 Å². The Bertz CT molecular complexity index is 227. The highest BCUT2D eigenvalue weighted by Gasteiger charge is 1.92. The molecule has 0 spiro atoms. The number of hydrogen-bond donors (Lipinski definition) is 1. The Kier molecular flexibility index (Phi) is 1.89. The van der Waals surface area contributed by atoms with Gasteiger partial charge in [-0.15, -0.1) is 0 Å². The Morgan fingerprint density at radius 1 is 1.56 bits per heavy atom. The van der Waals surface area contributed by atoms with E-state index in [1.54, 1.807) is 6.07 Å². The Balaban J connectivity index is 2.68. The van der Waals surface area contributed by atoms with Gasteiger partial charge >= 0.3 is 0 Å². The van der Waals surface area contributed by atoms with E-state index in [9.17, 15) is 8.42 Å². The first-order valence-corrected chi connectivity index (χ1v) is 3.78. The van der Waals surface area contributed by atoms with Crippen LogP contribution < -0.4 is 0 Å². The topological polar surface area (TPSA) is 47.3 Å². The van der Waals surface area contributed by atoms with Crippen molar-refractivity contribution in [3.05, 3.63) is 24.2 Å². The van der Waals surface area contributed by atoms with E-state index in [2.05, 4.69) is 4.42 Å². The molecule has 0 unspecified atom stereocenters. The largest absolute Gasteiger partial charge is 0.472 e. The first kappa shape index (κ1) is 6.35. The second kappa shape index (κ2) is 2.68. The molecule has 1 rings (SSSR count). The molecule has 1 heterocycles. The molecular weight excluding hydrogens is 140 g/mol. The molecule has 0 aliphatic heterocycles. The Labute approximate surface area is 54.2 Å². The molecule has 0 saturated heterocycles. The number of furan rings is 1. The summed E-state index contributed by atoms with van der Waals surface area (Å²) < 4.78 is 24.8. The zero-order chi connectivity index (χ0) is 6.69. The van der Waals surface area contributed by atoms with E-state index >= 15 is 0 Å². The third-order valence-electron chi connectivity index (χ3n) is 0.892. The fourth-order valence-corrected chi connectivity index (χ4v) is 1.01. The van der Waals surface area contributed by atoms with Crippen LogP contribution in [0.4, 0.5) is 0 Å². The molecule has 0 radical (unpaired) electrons. The second-order valence-electron chi connectivity index (χ2n) is 1.62. The second-order valence-corrected chi connectivity index (χ2v) is 2.60. The molecule has 0 atom stereocenters. The van der Waals surface area contributed by atoms with Gasteiger partial charge in [0, 0.05) is 5.56 Å². The van der Waals surface area contributed by atoms with Crippen molar-refractivity contribution >= 4 is 10.7 Å². The molecule has 0 N–H and O–H groups in total. The molecule has 0 aliphatic rings. The van der Waals surface area contributed by atoms with Gasteiger partial charge in [-0.1, -0.05) is 0 Å². The zero-order valence-corrected chi connectivity index (χ0v) is 5.51. The van der Waals surface area contributed by atoms with Gasteiger partial charge in [0.1, 0.15) is 10.7 Å². The lowest BCUT2D eigenvalue weighted by Crippen LogP contribution is -1.80. The van der Waals surface area contributed by atoms with Gasteiger partial charge in [0.05, 0.1) is 18.3 Å². The van der Waals surface area contributed by atoms with Crippen LogP contribution in [0, 0.1) is 0 Å². The summed E-state index contributed by atoms with van der Waals surface area (Å²) in [7, 11) is -2.31. The Morgan fingerprint density at radius 3 is 2.78 bits per heavy atom. The zero-order valence-electron chi connectivity index (χ0n) is 4.61. The molecule has 0 amide bonds. The van der Waals surface area contributed by atoms with Crippen LogP contribution in [0.1, 0.15) is 5.56 Å². The number of rotatable bonds is 2. The molecule has 9 heavy (non-hydrogen) atoms. The predicted molar refractivity (Wildman–Crippen MR) is 32.7 cm³/mol. The maximum atomic E-state index is 10.1. The lowest BCUT2D eigenvalue weighted by molar-refractivity contribution is 0.564. The summed E-state index contributed by atoms with van der Waals surface area (Å²) >= 11 is 0. The van der Waals surface area contributed by atoms with E-state index in [-0.39, 0.29) is 5.75 Å². The smallest absolute Gasteiger partial charge is 0.144 e. The normalized spacial score (nSPS) is 10.3. The van der Waals surface area contributed by atoms with Crippen molar-refractivity contribution < 1.29 is 12.8 Å². The average molecular weight is 146 g/mol. The molecule has 4 heteroatoms. The first-order chi connectivity index (χ1) is 4.29. The summed E-state index contributed by atoms with van der Waals surface area (Å²) in [5.74, 6) is 0.0752. The van der Waals surface area contributed by atoms with Gasteiger partial charge in [-0.05, 0) is 6.07 Å². The van der Waals surface area contributed by atoms with Crippen LogP contribution in [0.25, 0.3) is 0 Å². The van der Waals surface area contributed by atoms with Gasteiger partial charge in [0.2, 0.25) is 0 Å². The summed E-state index contributed by atoms with van der Waals surface area (Å²) in [5.41, 5.74) is 0.700. The standard InChI is InChI=1S/C5H6O3S/c6-9(7)4-5-1-2-8-3-5/h1-3,9H,4H2. The lowest BCUT2D eigenvalue weighted by Gasteiger charge is -1.79. The molecular formula is C5H6O3S. The molecule has 0 aliphatic carbocycles. The van der Waals surface area contributed by atoms with E-state index in [1.807, 2.05) is 0 Å². The first-order valence-electron chi connectivity index (χ1n) is 2.42. The van der Waals surface area contributed by atoms with Crippen LogP contribution in [0.2, 0.25) is 0 Å². The van der Waals surface area contributed by atoms with Gasteiger partial charge in [0.15, 0.2) is 0 Å². The van der Waals surface area contributed by atoms with Gasteiger partial charge < -0.3 is 4.42 Å². The van der Waals surface area contributed by atoms with E-state index in [1.165, 1.54) is 12.5 Å². The van der Waals surface area contributed by atoms with E-state index in [0.29, 0.717) is 5.56 Å². The van der Waals surface area contributed by atoms with Crippen LogP contribution in [0.15, 0.2) is 23.0 Å². The van der Waals surface area contributed by atoms with Gasteiger partial charge in [-0.25, -0.2) is 8.42 Å². The van der Waals surface area contributed by atoms with E-state index < -0.39 is 10.7 Å². The van der Waals surface area contributed by atoms with Crippen molar-refractivity contribution in [3.8, 4) is 0 Å². The SMILES string of the molecule is O=[SH](=O)Cc1ccoc1. The molecule has 0 saturated carbocycles. The minimum Gasteiger partial charge on any atom is -0.472 e. The Morgan fingerprint density at radius 2 is 2.33 bits per heavy atom. The summed E-state index contributed by atoms with van der Waals surface area (Å²) in [6.07, 6.45) is 2.87. The summed E-state index contributed by atoms with van der Waals surface area (Å²) in [6.45, 7) is 0. The van der Waals surface area contributed by atoms with Crippen LogP contribution in [-0.4, -0.2) is 8.42 Å². The highest BCUT2D eigenvalue weighted by molar-refractivity contribution is 7.71. The number of thiol groups is 1. The molecule has 1 aromatic rings. The van der Waals surface area contributed by atoms with Crippen molar-refractivity contribution in [2.75, 3.05) is 0 Å². The molecule has 0 bridgehead atoms. The molecule has 50 valence electrons. The number of hydrogen-bond acceptors (Lipinski definition) is 3. The van der Waals surface area contributed by atoms with E-state index in [4.69, 9.17) is 0 Å². The fraction of sp³-hybridized carbons (Fsp3) is 0.200. The summed E-state index contributed by atoms with van der Waals surface area (Å²) in [5, 5.41) is 0. The minimum absolute atomic E-state index is 0.0752. The monoisotopic (exact) mass is 146 g/mol. The molecule has 1 aromatic heterocycles. The maximum Gasteiger partial charge on any atom is 0.144 e. The summed E-state index contributed by atoms with van der Waals surface area (Å²) in [6, 6.07) is 1.63. The van der Waals surface area contributed by atoms with Crippen LogP contribution >= 0.6 is 0 Å². The van der Waals surface area contributed by atoms with Crippen molar-refractivity contribution in [2.24, 2.45) is 0 Å². The Hall–Kier alpha value is -0.770. The maximum absolute atomic E-state index is 10.1. The lowest BCUT2D eigenvalue weighted by atomic mass is 10.4. The highest BCUT2D eigenvalue weighted by Crippen LogP contribution is 1.99. The fourth-order valence-electron chi connectivity index (χ4n) is 0.532. The average Bonchev–Trinajstić information content (AvgIpc) is 2.15. The van der Waals surface area contributed by atoms with Gasteiger partial charge in [0.25, 0.3) is 0 Å². The minimum atomic E-state index is -2.31. The van der Waals surface area contributed by atoms with Gasteiger partial charge in [-0.3, -0.25) is 0 Å². The highest BCUT2D eigenvalue weighted by atomic mass is 32.2. The van der Waals surface area contributed by atoms with E-state index in [0.717, 1.165) is 0 Å². The van der Waals surface area contributed by atoms with Crippen LogP contribution in [0.3, 0.4) is 0 Å². The van der Waals surface area contributed by atoms with Crippen molar-refractivity contribution in [2.45, 2.75) is 5.75 Å². The van der Waals surface area contributed by atoms with Crippen LogP contribution in [0.5, 0.6) is 0 Å². The van der Waals surface area contributed by atoms with Crippen LogP contribution in [-0.2, 0) is 16.5 Å². The van der Waals surface area contributed by atoms with Crippen molar-refractivity contribution in [3.63, 3.8) is 0 Å². The van der Waals surface area contributed by atoms with Crippen molar-refractivity contribution in [1.82, 2.24) is 0 Å². The third-order valence-corrected chi connectivity index (χ3v) is 1.52. The summed E-state index contributed by atoms with van der Waals surface area (Å²) in [4.78, 5) is 0.